The highest BCUT2D eigenvalue weighted by molar-refractivity contribution is 5.75. The Labute approximate surface area is 61.7 Å². The van der Waals surface area contributed by atoms with Crippen LogP contribution < -0.4 is 5.32 Å². The molecule has 0 aromatic rings. The van der Waals surface area contributed by atoms with E-state index in [0.29, 0.717) is 0 Å². The van der Waals surface area contributed by atoms with Gasteiger partial charge in [-0.15, -0.1) is 0 Å². The molecule has 0 radical (unpaired) electrons. The summed E-state index contributed by atoms with van der Waals surface area (Å²) in [6, 6.07) is -0.119. The zero-order valence-electron chi connectivity index (χ0n) is 6.77. The smallest absolute Gasteiger partial charge is 0.321 e. The molecule has 0 saturated carbocycles. The lowest BCUT2D eigenvalue weighted by molar-refractivity contribution is 0.220. The number of nitrogens with one attached hydrogen (secondary N) is 1. The predicted molar refractivity (Wildman–Crippen MR) is 41.6 cm³/mol. The molecule has 0 aromatic carbocycles. The number of carbonyl (C=O) groups is 1. The van der Waals surface area contributed by atoms with Crippen molar-refractivity contribution < 1.29 is 4.79 Å². The molecule has 58 valence electrons. The summed E-state index contributed by atoms with van der Waals surface area (Å²) in [7, 11) is 3.30. The summed E-state index contributed by atoms with van der Waals surface area (Å²) >= 11 is 0. The van der Waals surface area contributed by atoms with Crippen molar-refractivity contribution in [1.29, 1.82) is 0 Å². The van der Waals surface area contributed by atoms with Gasteiger partial charge in [-0.1, -0.05) is 13.5 Å². The summed E-state index contributed by atoms with van der Waals surface area (Å²) in [6.45, 7) is 5.67. The standard InChI is InChI=1S/C7H14N2O/c1-5-6(2)9(4)7(10)8-3/h2,5H2,1,3-4H3,(H,8,10). The number of hydrogen-bond acceptors (Lipinski definition) is 1. The molecule has 0 aliphatic heterocycles. The molecule has 0 atom stereocenters. The molecule has 0 aromatic heterocycles. The Morgan fingerprint density at radius 3 is 2.50 bits per heavy atom. The lowest BCUT2D eigenvalue weighted by Crippen LogP contribution is -2.33. The van der Waals surface area contributed by atoms with Gasteiger partial charge >= 0.3 is 6.03 Å². The molecule has 0 aliphatic rings. The van der Waals surface area contributed by atoms with Crippen LogP contribution in [0.1, 0.15) is 13.3 Å². The van der Waals surface area contributed by atoms with Crippen LogP contribution in [0.25, 0.3) is 0 Å². The molecule has 0 aliphatic carbocycles. The van der Waals surface area contributed by atoms with Gasteiger partial charge in [0.1, 0.15) is 0 Å². The number of urea groups is 1. The van der Waals surface area contributed by atoms with Gasteiger partial charge < -0.3 is 10.2 Å². The minimum atomic E-state index is -0.119. The monoisotopic (exact) mass is 142 g/mol. The van der Waals surface area contributed by atoms with E-state index in [4.69, 9.17) is 0 Å². The summed E-state index contributed by atoms with van der Waals surface area (Å²) in [5, 5.41) is 2.51. The van der Waals surface area contributed by atoms with E-state index in [0.717, 1.165) is 12.1 Å². The molecule has 1 N–H and O–H groups in total. The van der Waals surface area contributed by atoms with Crippen LogP contribution in [-0.2, 0) is 0 Å². The summed E-state index contributed by atoms with van der Waals surface area (Å²) in [5.41, 5.74) is 0.819. The second-order valence-corrected chi connectivity index (χ2v) is 2.03. The lowest BCUT2D eigenvalue weighted by Gasteiger charge is -2.17. The third kappa shape index (κ3) is 2.09. The summed E-state index contributed by atoms with van der Waals surface area (Å²) in [4.78, 5) is 12.4. The maximum atomic E-state index is 10.9. The maximum Gasteiger partial charge on any atom is 0.321 e. The average molecular weight is 142 g/mol. The summed E-state index contributed by atoms with van der Waals surface area (Å²) in [6.07, 6.45) is 0.796. The first-order valence-corrected chi connectivity index (χ1v) is 3.26. The highest BCUT2D eigenvalue weighted by atomic mass is 16.2. The lowest BCUT2D eigenvalue weighted by atomic mass is 10.3. The second kappa shape index (κ2) is 3.93. The van der Waals surface area contributed by atoms with Crippen LogP contribution in [-0.4, -0.2) is 25.0 Å². The van der Waals surface area contributed by atoms with Gasteiger partial charge in [0, 0.05) is 19.8 Å². The van der Waals surface area contributed by atoms with Gasteiger partial charge in [-0.25, -0.2) is 4.79 Å². The number of rotatable bonds is 2. The fraction of sp³-hybridized carbons (Fsp3) is 0.571. The first kappa shape index (κ1) is 9.01. The SMILES string of the molecule is C=C(CC)N(C)C(=O)NC. The molecule has 2 amide bonds. The number of nitrogens with zero attached hydrogens (tertiary/aromatic N) is 1. The van der Waals surface area contributed by atoms with Crippen molar-refractivity contribution in [2.75, 3.05) is 14.1 Å². The van der Waals surface area contributed by atoms with Gasteiger partial charge in [-0.2, -0.15) is 0 Å². The minimum Gasteiger partial charge on any atom is -0.341 e. The summed E-state index contributed by atoms with van der Waals surface area (Å²) in [5.74, 6) is 0. The molecule has 0 heterocycles. The number of hydrogen-bond donors (Lipinski definition) is 1. The van der Waals surface area contributed by atoms with Crippen molar-refractivity contribution in [1.82, 2.24) is 10.2 Å². The molecule has 10 heavy (non-hydrogen) atoms. The Morgan fingerprint density at radius 1 is 1.70 bits per heavy atom. The Balaban J connectivity index is 3.94. The van der Waals surface area contributed by atoms with Crippen molar-refractivity contribution >= 4 is 6.03 Å². The van der Waals surface area contributed by atoms with E-state index in [1.165, 1.54) is 4.90 Å². The predicted octanol–water partition coefficient (Wildman–Crippen LogP) is 1.18. The van der Waals surface area contributed by atoms with E-state index >= 15 is 0 Å². The molecular formula is C7H14N2O. The molecule has 0 rings (SSSR count). The molecule has 0 spiro atoms. The average Bonchev–Trinajstić information content (AvgIpc) is 2.00. The molecule has 0 saturated heterocycles. The first-order chi connectivity index (χ1) is 4.63. The van der Waals surface area contributed by atoms with Crippen LogP contribution in [0.2, 0.25) is 0 Å². The third-order valence-corrected chi connectivity index (χ3v) is 1.40. The quantitative estimate of drug-likeness (QED) is 0.617. The Kier molecular flexibility index (Phi) is 3.54. The third-order valence-electron chi connectivity index (χ3n) is 1.40. The fourth-order valence-electron chi connectivity index (χ4n) is 0.548. The molecule has 0 fully saturated rings. The minimum absolute atomic E-state index is 0.119. The van der Waals surface area contributed by atoms with E-state index in [1.807, 2.05) is 6.92 Å². The molecular weight excluding hydrogens is 128 g/mol. The highest BCUT2D eigenvalue weighted by Gasteiger charge is 2.06. The Bertz CT molecular complexity index is 127. The number of allylic oxidation sites excluding steroid dienone is 1. The van der Waals surface area contributed by atoms with Crippen molar-refractivity contribution in [2.45, 2.75) is 13.3 Å². The largest absolute Gasteiger partial charge is 0.341 e. The number of amides is 2. The second-order valence-electron chi connectivity index (χ2n) is 2.03. The van der Waals surface area contributed by atoms with Crippen LogP contribution in [0.4, 0.5) is 4.79 Å². The van der Waals surface area contributed by atoms with Crippen molar-refractivity contribution in [2.24, 2.45) is 0 Å². The molecule has 3 nitrogen and oxygen atoms in total. The fourth-order valence-corrected chi connectivity index (χ4v) is 0.548. The van der Waals surface area contributed by atoms with E-state index in [-0.39, 0.29) is 6.03 Å². The van der Waals surface area contributed by atoms with Crippen molar-refractivity contribution in [3.8, 4) is 0 Å². The first-order valence-electron chi connectivity index (χ1n) is 3.26. The number of carbonyl (C=O) groups excluding carboxylic acids is 1. The highest BCUT2D eigenvalue weighted by Crippen LogP contribution is 2.01. The van der Waals surface area contributed by atoms with Crippen molar-refractivity contribution in [3.05, 3.63) is 12.3 Å². The van der Waals surface area contributed by atoms with Gasteiger partial charge in [-0.3, -0.25) is 0 Å². The topological polar surface area (TPSA) is 32.3 Å². The van der Waals surface area contributed by atoms with Gasteiger partial charge in [-0.05, 0) is 6.42 Å². The van der Waals surface area contributed by atoms with E-state index in [9.17, 15) is 4.79 Å². The molecule has 0 bridgehead atoms. The van der Waals surface area contributed by atoms with Crippen LogP contribution in [0, 0.1) is 0 Å². The van der Waals surface area contributed by atoms with Gasteiger partial charge in [0.25, 0.3) is 0 Å². The zero-order valence-corrected chi connectivity index (χ0v) is 6.77. The molecule has 3 heteroatoms. The normalized spacial score (nSPS) is 8.70. The Morgan fingerprint density at radius 2 is 2.20 bits per heavy atom. The van der Waals surface area contributed by atoms with Crippen LogP contribution in [0.3, 0.4) is 0 Å². The van der Waals surface area contributed by atoms with E-state index < -0.39 is 0 Å². The van der Waals surface area contributed by atoms with Crippen LogP contribution in [0.5, 0.6) is 0 Å². The Hall–Kier alpha value is -0.990. The van der Waals surface area contributed by atoms with Gasteiger partial charge in [0.05, 0.1) is 0 Å². The van der Waals surface area contributed by atoms with Crippen LogP contribution >= 0.6 is 0 Å². The maximum absolute atomic E-state index is 10.9. The molecule has 0 unspecified atom stereocenters. The van der Waals surface area contributed by atoms with Gasteiger partial charge in [0.2, 0.25) is 0 Å². The van der Waals surface area contributed by atoms with Crippen LogP contribution in [0.15, 0.2) is 12.3 Å². The van der Waals surface area contributed by atoms with E-state index in [2.05, 4.69) is 11.9 Å². The zero-order chi connectivity index (χ0) is 8.15. The van der Waals surface area contributed by atoms with Crippen molar-refractivity contribution in [3.63, 3.8) is 0 Å². The van der Waals surface area contributed by atoms with E-state index in [1.54, 1.807) is 14.1 Å². The summed E-state index contributed by atoms with van der Waals surface area (Å²) < 4.78 is 0. The van der Waals surface area contributed by atoms with Gasteiger partial charge in [0.15, 0.2) is 0 Å².